The highest BCUT2D eigenvalue weighted by molar-refractivity contribution is 8.01. The molecule has 3 rings (SSSR count). The highest BCUT2D eigenvalue weighted by Gasteiger charge is 2.09. The summed E-state index contributed by atoms with van der Waals surface area (Å²) in [6.45, 7) is 5.30. The first-order valence-electron chi connectivity index (χ1n) is 10.9. The number of nitrogens with zero attached hydrogens (tertiary/aromatic N) is 3. The van der Waals surface area contributed by atoms with Gasteiger partial charge in [-0.25, -0.2) is 5.43 Å². The van der Waals surface area contributed by atoms with E-state index in [0.717, 1.165) is 45.5 Å². The number of hydrazone groups is 1. The van der Waals surface area contributed by atoms with Gasteiger partial charge in [0.15, 0.2) is 15.8 Å². The average Bonchev–Trinajstić information content (AvgIpc) is 3.32. The van der Waals surface area contributed by atoms with Crippen molar-refractivity contribution in [3.05, 3.63) is 54.1 Å². The van der Waals surface area contributed by atoms with E-state index in [1.165, 1.54) is 23.1 Å². The number of ether oxygens (including phenoxy) is 2. The van der Waals surface area contributed by atoms with Crippen LogP contribution in [0.5, 0.6) is 11.5 Å². The third-order valence-electron chi connectivity index (χ3n) is 4.43. The topological polar surface area (TPSA) is 85.7 Å². The van der Waals surface area contributed by atoms with Gasteiger partial charge in [0.1, 0.15) is 5.01 Å². The highest BCUT2D eigenvalue weighted by Crippen LogP contribution is 2.29. The van der Waals surface area contributed by atoms with Crippen LogP contribution in [0.3, 0.4) is 0 Å². The lowest BCUT2D eigenvalue weighted by Gasteiger charge is -2.12. The Bertz CT molecular complexity index is 1040. The minimum atomic E-state index is -0.214. The first kappa shape index (κ1) is 24.7. The number of aromatic nitrogens is 2. The Kier molecular flexibility index (Phi) is 10.2. The largest absolute Gasteiger partial charge is 0.490 e. The quantitative estimate of drug-likeness (QED) is 0.151. The lowest BCUT2D eigenvalue weighted by Crippen LogP contribution is -2.19. The Balaban J connectivity index is 1.48. The number of rotatable bonds is 13. The lowest BCUT2D eigenvalue weighted by molar-refractivity contribution is -0.118. The van der Waals surface area contributed by atoms with Crippen molar-refractivity contribution in [1.82, 2.24) is 15.6 Å². The van der Waals surface area contributed by atoms with Gasteiger partial charge in [0.05, 0.1) is 25.2 Å². The summed E-state index contributed by atoms with van der Waals surface area (Å²) in [6, 6.07) is 15.5. The number of unbranched alkanes of at least 4 members (excludes halogenated alkanes) is 2. The molecule has 1 heterocycles. The molecule has 0 saturated carbocycles. The Labute approximate surface area is 202 Å². The third-order valence-corrected chi connectivity index (χ3v) is 6.54. The van der Waals surface area contributed by atoms with Crippen molar-refractivity contribution in [3.8, 4) is 22.1 Å². The first-order valence-corrected chi connectivity index (χ1v) is 12.7. The summed E-state index contributed by atoms with van der Waals surface area (Å²) in [5, 5.41) is 13.2. The van der Waals surface area contributed by atoms with Gasteiger partial charge in [-0.05, 0) is 37.1 Å². The van der Waals surface area contributed by atoms with E-state index in [0.29, 0.717) is 19.0 Å². The number of thioether (sulfide) groups is 1. The fourth-order valence-corrected chi connectivity index (χ4v) is 4.48. The van der Waals surface area contributed by atoms with E-state index < -0.39 is 0 Å². The van der Waals surface area contributed by atoms with Crippen molar-refractivity contribution in [2.24, 2.45) is 5.10 Å². The molecule has 7 nitrogen and oxygen atoms in total. The van der Waals surface area contributed by atoms with E-state index >= 15 is 0 Å². The molecule has 0 unspecified atom stereocenters. The number of amides is 1. The molecule has 1 amide bonds. The normalized spacial score (nSPS) is 11.0. The van der Waals surface area contributed by atoms with E-state index in [1.807, 2.05) is 55.5 Å². The van der Waals surface area contributed by atoms with Crippen molar-refractivity contribution >= 4 is 35.2 Å². The second kappa shape index (κ2) is 13.6. The van der Waals surface area contributed by atoms with Crippen molar-refractivity contribution in [1.29, 1.82) is 0 Å². The predicted molar refractivity (Wildman–Crippen MR) is 134 cm³/mol. The number of nitrogens with one attached hydrogen (secondary N) is 1. The van der Waals surface area contributed by atoms with Gasteiger partial charge in [0, 0.05) is 5.56 Å². The summed E-state index contributed by atoms with van der Waals surface area (Å²) >= 11 is 2.80. The molecule has 33 heavy (non-hydrogen) atoms. The van der Waals surface area contributed by atoms with Gasteiger partial charge < -0.3 is 9.47 Å². The summed E-state index contributed by atoms with van der Waals surface area (Å²) in [5.74, 6) is 1.38. The van der Waals surface area contributed by atoms with Crippen molar-refractivity contribution < 1.29 is 14.3 Å². The van der Waals surface area contributed by atoms with Crippen molar-refractivity contribution in [2.75, 3.05) is 19.0 Å². The molecule has 0 atom stereocenters. The number of carbonyl (C=O) groups is 1. The first-order chi connectivity index (χ1) is 16.2. The molecule has 0 spiro atoms. The van der Waals surface area contributed by atoms with Gasteiger partial charge in [0.2, 0.25) is 0 Å². The van der Waals surface area contributed by atoms with Crippen LogP contribution in [0.15, 0.2) is 58.0 Å². The van der Waals surface area contributed by atoms with Crippen LogP contribution in [0.2, 0.25) is 0 Å². The van der Waals surface area contributed by atoms with Gasteiger partial charge in [-0.1, -0.05) is 73.2 Å². The van der Waals surface area contributed by atoms with E-state index in [4.69, 9.17) is 9.47 Å². The van der Waals surface area contributed by atoms with E-state index in [2.05, 4.69) is 27.6 Å². The molecule has 0 aliphatic carbocycles. The van der Waals surface area contributed by atoms with Crippen LogP contribution < -0.4 is 14.9 Å². The van der Waals surface area contributed by atoms with E-state index in [-0.39, 0.29) is 11.7 Å². The maximum absolute atomic E-state index is 12.1. The van der Waals surface area contributed by atoms with Gasteiger partial charge in [-0.15, -0.1) is 10.2 Å². The zero-order valence-corrected chi connectivity index (χ0v) is 20.5. The fourth-order valence-electron chi connectivity index (χ4n) is 2.83. The van der Waals surface area contributed by atoms with Crippen LogP contribution in [0.25, 0.3) is 10.6 Å². The molecule has 0 radical (unpaired) electrons. The summed E-state index contributed by atoms with van der Waals surface area (Å²) < 4.78 is 12.3. The van der Waals surface area contributed by atoms with Gasteiger partial charge in [-0.3, -0.25) is 4.79 Å². The molecule has 0 saturated heterocycles. The number of hydrogen-bond acceptors (Lipinski definition) is 8. The number of hydrogen-bond donors (Lipinski definition) is 1. The highest BCUT2D eigenvalue weighted by atomic mass is 32.2. The third kappa shape index (κ3) is 8.18. The van der Waals surface area contributed by atoms with Crippen LogP contribution in [-0.2, 0) is 4.79 Å². The van der Waals surface area contributed by atoms with Crippen molar-refractivity contribution in [2.45, 2.75) is 37.4 Å². The molecule has 0 aliphatic rings. The molecular formula is C24H28N4O3S2. The Morgan fingerprint density at radius 2 is 1.94 bits per heavy atom. The molecule has 174 valence electrons. The van der Waals surface area contributed by atoms with Gasteiger partial charge in [-0.2, -0.15) is 5.10 Å². The molecular weight excluding hydrogens is 456 g/mol. The standard InChI is InChI=1S/C24H28N4O3S2/c1-3-5-9-14-31-20-13-12-18(15-21(20)30-4-2)16-25-26-22(29)17-32-24-28-27-23(33-24)19-10-7-6-8-11-19/h6-8,10-13,15-16H,3-5,9,14,17H2,1-2H3,(H,26,29). The second-order valence-corrected chi connectivity index (χ2v) is 9.22. The minimum Gasteiger partial charge on any atom is -0.490 e. The van der Waals surface area contributed by atoms with Gasteiger partial charge >= 0.3 is 0 Å². The Hall–Kier alpha value is -2.91. The maximum atomic E-state index is 12.1. The van der Waals surface area contributed by atoms with Gasteiger partial charge in [0.25, 0.3) is 5.91 Å². The molecule has 3 aromatic rings. The van der Waals surface area contributed by atoms with Crippen LogP contribution in [-0.4, -0.2) is 41.3 Å². The van der Waals surface area contributed by atoms with Crippen molar-refractivity contribution in [3.63, 3.8) is 0 Å². The molecule has 2 aromatic carbocycles. The smallest absolute Gasteiger partial charge is 0.250 e. The summed E-state index contributed by atoms with van der Waals surface area (Å²) in [4.78, 5) is 12.1. The Morgan fingerprint density at radius 3 is 2.73 bits per heavy atom. The molecule has 0 fully saturated rings. The molecule has 0 bridgehead atoms. The lowest BCUT2D eigenvalue weighted by atomic mass is 10.2. The SMILES string of the molecule is CCCCCOc1ccc(C=NNC(=O)CSc2nnc(-c3ccccc3)s2)cc1OCC. The van der Waals surface area contributed by atoms with E-state index in [1.54, 1.807) is 6.21 Å². The molecule has 9 heteroatoms. The zero-order valence-electron chi connectivity index (χ0n) is 18.8. The monoisotopic (exact) mass is 484 g/mol. The summed E-state index contributed by atoms with van der Waals surface area (Å²) in [5.41, 5.74) is 4.37. The van der Waals surface area contributed by atoms with E-state index in [9.17, 15) is 4.79 Å². The summed E-state index contributed by atoms with van der Waals surface area (Å²) in [6.07, 6.45) is 4.89. The number of carbonyl (C=O) groups excluding carboxylic acids is 1. The fraction of sp³-hybridized carbons (Fsp3) is 0.333. The minimum absolute atomic E-state index is 0.204. The van der Waals surface area contributed by atoms with Crippen LogP contribution in [0.4, 0.5) is 0 Å². The Morgan fingerprint density at radius 1 is 1.09 bits per heavy atom. The predicted octanol–water partition coefficient (Wildman–Crippen LogP) is 5.42. The molecule has 0 aliphatic heterocycles. The zero-order chi connectivity index (χ0) is 23.3. The van der Waals surface area contributed by atoms with Crippen LogP contribution in [0.1, 0.15) is 38.7 Å². The van der Waals surface area contributed by atoms with Crippen LogP contribution >= 0.6 is 23.1 Å². The number of benzene rings is 2. The second-order valence-electron chi connectivity index (χ2n) is 7.02. The maximum Gasteiger partial charge on any atom is 0.250 e. The molecule has 1 N–H and O–H groups in total. The van der Waals surface area contributed by atoms with Crippen LogP contribution in [0, 0.1) is 0 Å². The molecule has 1 aromatic heterocycles. The summed E-state index contributed by atoms with van der Waals surface area (Å²) in [7, 11) is 0. The average molecular weight is 485 g/mol.